The molecule has 0 radical (unpaired) electrons. The molecule has 0 unspecified atom stereocenters. The Kier molecular flexibility index (Phi) is 5.69. The highest BCUT2D eigenvalue weighted by Gasteiger charge is 2.10. The number of rotatable bonds is 6. The Balaban J connectivity index is 2.46. The Morgan fingerprint density at radius 1 is 1.39 bits per heavy atom. The number of carbonyl (C=O) groups excluding carboxylic acids is 1. The number of ether oxygens (including phenoxy) is 1. The van der Waals surface area contributed by atoms with Gasteiger partial charge in [-0.2, -0.15) is 0 Å². The van der Waals surface area contributed by atoms with Crippen molar-refractivity contribution < 1.29 is 9.53 Å². The summed E-state index contributed by atoms with van der Waals surface area (Å²) >= 11 is 0. The van der Waals surface area contributed by atoms with Crippen LogP contribution in [0.3, 0.4) is 0 Å². The zero-order valence-electron chi connectivity index (χ0n) is 11.8. The SMILES string of the molecule is COc1cccc(CCC(=O)N(C)CC(C)C)c1. The van der Waals surface area contributed by atoms with E-state index in [9.17, 15) is 4.79 Å². The van der Waals surface area contributed by atoms with Crippen LogP contribution in [0, 0.1) is 5.92 Å². The van der Waals surface area contributed by atoms with Crippen molar-refractivity contribution in [2.75, 3.05) is 20.7 Å². The lowest BCUT2D eigenvalue weighted by Gasteiger charge is -2.19. The molecular weight excluding hydrogens is 226 g/mol. The van der Waals surface area contributed by atoms with Gasteiger partial charge in [0.25, 0.3) is 0 Å². The molecule has 0 saturated heterocycles. The second-order valence-corrected chi connectivity index (χ2v) is 5.02. The summed E-state index contributed by atoms with van der Waals surface area (Å²) in [5.41, 5.74) is 1.14. The number of nitrogens with zero attached hydrogens (tertiary/aromatic N) is 1. The fraction of sp³-hybridized carbons (Fsp3) is 0.533. The lowest BCUT2D eigenvalue weighted by molar-refractivity contribution is -0.130. The number of amides is 1. The van der Waals surface area contributed by atoms with Crippen LogP contribution in [0.1, 0.15) is 25.8 Å². The zero-order valence-corrected chi connectivity index (χ0v) is 11.8. The topological polar surface area (TPSA) is 29.5 Å². The average molecular weight is 249 g/mol. The van der Waals surface area contributed by atoms with Crippen molar-refractivity contribution in [3.05, 3.63) is 29.8 Å². The molecule has 0 fully saturated rings. The van der Waals surface area contributed by atoms with Crippen LogP contribution in [0.5, 0.6) is 5.75 Å². The summed E-state index contributed by atoms with van der Waals surface area (Å²) in [5, 5.41) is 0. The van der Waals surface area contributed by atoms with Gasteiger partial charge in [0.1, 0.15) is 5.75 Å². The second kappa shape index (κ2) is 7.04. The van der Waals surface area contributed by atoms with Gasteiger partial charge in [0.05, 0.1) is 7.11 Å². The highest BCUT2D eigenvalue weighted by atomic mass is 16.5. The highest BCUT2D eigenvalue weighted by molar-refractivity contribution is 5.76. The minimum absolute atomic E-state index is 0.200. The first-order chi connectivity index (χ1) is 8.52. The number of hydrogen-bond acceptors (Lipinski definition) is 2. The third-order valence-electron chi connectivity index (χ3n) is 2.83. The zero-order chi connectivity index (χ0) is 13.5. The van der Waals surface area contributed by atoms with Crippen LogP contribution in [0.25, 0.3) is 0 Å². The Morgan fingerprint density at radius 2 is 2.11 bits per heavy atom. The molecular formula is C15H23NO2. The fourth-order valence-electron chi connectivity index (χ4n) is 1.92. The summed E-state index contributed by atoms with van der Waals surface area (Å²) in [6.07, 6.45) is 1.31. The van der Waals surface area contributed by atoms with Gasteiger partial charge in [-0.15, -0.1) is 0 Å². The quantitative estimate of drug-likeness (QED) is 0.776. The summed E-state index contributed by atoms with van der Waals surface area (Å²) in [7, 11) is 3.52. The number of methoxy groups -OCH3 is 1. The van der Waals surface area contributed by atoms with Gasteiger partial charge in [-0.05, 0) is 30.0 Å². The first-order valence-corrected chi connectivity index (χ1v) is 6.39. The van der Waals surface area contributed by atoms with Gasteiger partial charge in [0.2, 0.25) is 5.91 Å². The van der Waals surface area contributed by atoms with Gasteiger partial charge < -0.3 is 9.64 Å². The Hall–Kier alpha value is -1.51. The molecule has 0 aromatic heterocycles. The van der Waals surface area contributed by atoms with E-state index >= 15 is 0 Å². The van der Waals surface area contributed by atoms with Crippen molar-refractivity contribution in [3.8, 4) is 5.75 Å². The molecule has 100 valence electrons. The minimum atomic E-state index is 0.200. The Labute approximate surface area is 110 Å². The van der Waals surface area contributed by atoms with Gasteiger partial charge >= 0.3 is 0 Å². The van der Waals surface area contributed by atoms with Crippen LogP contribution in [0.15, 0.2) is 24.3 Å². The summed E-state index contributed by atoms with van der Waals surface area (Å²) in [4.78, 5) is 13.7. The lowest BCUT2D eigenvalue weighted by Crippen LogP contribution is -2.30. The van der Waals surface area contributed by atoms with E-state index in [1.165, 1.54) is 0 Å². The van der Waals surface area contributed by atoms with Crippen LogP contribution in [-0.4, -0.2) is 31.5 Å². The van der Waals surface area contributed by atoms with Gasteiger partial charge in [-0.25, -0.2) is 0 Å². The van der Waals surface area contributed by atoms with Crippen molar-refractivity contribution >= 4 is 5.91 Å². The predicted molar refractivity (Wildman–Crippen MR) is 73.8 cm³/mol. The van der Waals surface area contributed by atoms with Crippen LogP contribution >= 0.6 is 0 Å². The molecule has 0 heterocycles. The van der Waals surface area contributed by atoms with Crippen LogP contribution in [0.4, 0.5) is 0 Å². The number of hydrogen-bond donors (Lipinski definition) is 0. The number of carbonyl (C=O) groups is 1. The molecule has 1 rings (SSSR count). The van der Waals surface area contributed by atoms with Gasteiger partial charge in [0.15, 0.2) is 0 Å². The molecule has 0 saturated carbocycles. The fourth-order valence-corrected chi connectivity index (χ4v) is 1.92. The third-order valence-corrected chi connectivity index (χ3v) is 2.83. The van der Waals surface area contributed by atoms with Crippen LogP contribution < -0.4 is 4.74 Å². The highest BCUT2D eigenvalue weighted by Crippen LogP contribution is 2.14. The third kappa shape index (κ3) is 4.78. The van der Waals surface area contributed by atoms with Crippen LogP contribution in [-0.2, 0) is 11.2 Å². The normalized spacial score (nSPS) is 10.5. The number of benzene rings is 1. The van der Waals surface area contributed by atoms with Crippen molar-refractivity contribution in [1.29, 1.82) is 0 Å². The molecule has 1 aromatic rings. The van der Waals surface area contributed by atoms with Crippen molar-refractivity contribution in [2.24, 2.45) is 5.92 Å². The maximum absolute atomic E-state index is 11.9. The molecule has 0 atom stereocenters. The summed E-state index contributed by atoms with van der Waals surface area (Å²) in [6, 6.07) is 7.88. The average Bonchev–Trinajstić information content (AvgIpc) is 2.35. The van der Waals surface area contributed by atoms with E-state index in [0.717, 1.165) is 24.3 Å². The smallest absolute Gasteiger partial charge is 0.222 e. The van der Waals surface area contributed by atoms with E-state index in [1.54, 1.807) is 7.11 Å². The molecule has 1 amide bonds. The molecule has 0 aliphatic rings. The van der Waals surface area contributed by atoms with Crippen molar-refractivity contribution in [1.82, 2.24) is 4.90 Å². The monoisotopic (exact) mass is 249 g/mol. The Bertz CT molecular complexity index is 388. The molecule has 0 aliphatic heterocycles. The van der Waals surface area contributed by atoms with E-state index < -0.39 is 0 Å². The van der Waals surface area contributed by atoms with Crippen molar-refractivity contribution in [2.45, 2.75) is 26.7 Å². The van der Waals surface area contributed by atoms with E-state index in [1.807, 2.05) is 36.2 Å². The summed E-state index contributed by atoms with van der Waals surface area (Å²) in [6.45, 7) is 5.05. The van der Waals surface area contributed by atoms with Gasteiger partial charge in [-0.3, -0.25) is 4.79 Å². The largest absolute Gasteiger partial charge is 0.497 e. The van der Waals surface area contributed by atoms with Gasteiger partial charge in [-0.1, -0.05) is 26.0 Å². The van der Waals surface area contributed by atoms with E-state index in [0.29, 0.717) is 12.3 Å². The molecule has 3 nitrogen and oxygen atoms in total. The van der Waals surface area contributed by atoms with Crippen molar-refractivity contribution in [3.63, 3.8) is 0 Å². The lowest BCUT2D eigenvalue weighted by atomic mass is 10.1. The first kappa shape index (κ1) is 14.6. The van der Waals surface area contributed by atoms with Crippen LogP contribution in [0.2, 0.25) is 0 Å². The maximum Gasteiger partial charge on any atom is 0.222 e. The standard InChI is InChI=1S/C15H23NO2/c1-12(2)11-16(3)15(17)9-8-13-6-5-7-14(10-13)18-4/h5-7,10,12H,8-9,11H2,1-4H3. The maximum atomic E-state index is 11.9. The van der Waals surface area contributed by atoms with E-state index in [2.05, 4.69) is 13.8 Å². The summed E-state index contributed by atoms with van der Waals surface area (Å²) < 4.78 is 5.17. The molecule has 3 heteroatoms. The van der Waals surface area contributed by atoms with E-state index in [-0.39, 0.29) is 5.91 Å². The second-order valence-electron chi connectivity index (χ2n) is 5.02. The minimum Gasteiger partial charge on any atom is -0.497 e. The first-order valence-electron chi connectivity index (χ1n) is 6.39. The predicted octanol–water partition coefficient (Wildman–Crippen LogP) is 2.74. The number of aryl methyl sites for hydroxylation is 1. The Morgan fingerprint density at radius 3 is 2.72 bits per heavy atom. The molecule has 0 spiro atoms. The molecule has 0 N–H and O–H groups in total. The molecule has 1 aromatic carbocycles. The van der Waals surface area contributed by atoms with E-state index in [4.69, 9.17) is 4.74 Å². The summed E-state index contributed by atoms with van der Waals surface area (Å²) in [5.74, 6) is 1.55. The molecule has 0 bridgehead atoms. The molecule has 18 heavy (non-hydrogen) atoms. The van der Waals surface area contributed by atoms with Gasteiger partial charge in [0, 0.05) is 20.0 Å². The molecule has 0 aliphatic carbocycles.